The lowest BCUT2D eigenvalue weighted by Gasteiger charge is -2.12. The van der Waals surface area contributed by atoms with Crippen LogP contribution in [0.15, 0.2) is 48.8 Å². The van der Waals surface area contributed by atoms with Gasteiger partial charge in [-0.05, 0) is 36.8 Å². The summed E-state index contributed by atoms with van der Waals surface area (Å²) < 4.78 is 10.8. The standard InChI is InChI=1S/C18H15ClN4O4/c1-11-12(19)6-5-7-13(11)22-17-16(23(24)25)18(21-10-20-17)27-15-9-4-3-8-14(15)26-2/h3-10H,1-2H3,(H,20,21,22). The van der Waals surface area contributed by atoms with Crippen molar-refractivity contribution in [3.63, 3.8) is 0 Å². The predicted molar refractivity (Wildman–Crippen MR) is 101 cm³/mol. The monoisotopic (exact) mass is 386 g/mol. The van der Waals surface area contributed by atoms with Crippen LogP contribution in [0.3, 0.4) is 0 Å². The highest BCUT2D eigenvalue weighted by Crippen LogP contribution is 2.38. The lowest BCUT2D eigenvalue weighted by molar-refractivity contribution is -0.385. The summed E-state index contributed by atoms with van der Waals surface area (Å²) >= 11 is 6.11. The Morgan fingerprint density at radius 3 is 2.56 bits per heavy atom. The lowest BCUT2D eigenvalue weighted by atomic mass is 10.2. The molecule has 9 heteroatoms. The van der Waals surface area contributed by atoms with Gasteiger partial charge in [0.15, 0.2) is 11.5 Å². The third-order valence-electron chi connectivity index (χ3n) is 3.77. The maximum atomic E-state index is 11.7. The highest BCUT2D eigenvalue weighted by molar-refractivity contribution is 6.31. The molecule has 0 unspecified atom stereocenters. The van der Waals surface area contributed by atoms with Crippen molar-refractivity contribution in [2.45, 2.75) is 6.92 Å². The SMILES string of the molecule is COc1ccccc1Oc1ncnc(Nc2cccc(Cl)c2C)c1[N+](=O)[O-]. The molecular weight excluding hydrogens is 372 g/mol. The van der Waals surface area contributed by atoms with E-state index in [1.54, 1.807) is 49.4 Å². The van der Waals surface area contributed by atoms with Gasteiger partial charge < -0.3 is 14.8 Å². The van der Waals surface area contributed by atoms with Gasteiger partial charge in [-0.2, -0.15) is 4.98 Å². The molecule has 1 N–H and O–H groups in total. The van der Waals surface area contributed by atoms with Crippen molar-refractivity contribution in [2.24, 2.45) is 0 Å². The zero-order chi connectivity index (χ0) is 19.4. The molecule has 0 bridgehead atoms. The van der Waals surface area contributed by atoms with Crippen LogP contribution in [0.1, 0.15) is 5.56 Å². The molecule has 0 saturated carbocycles. The number of hydrogen-bond acceptors (Lipinski definition) is 7. The molecule has 3 aromatic rings. The third-order valence-corrected chi connectivity index (χ3v) is 4.18. The summed E-state index contributed by atoms with van der Waals surface area (Å²) in [7, 11) is 1.48. The summed E-state index contributed by atoms with van der Waals surface area (Å²) in [6.45, 7) is 1.80. The average molecular weight is 387 g/mol. The summed E-state index contributed by atoms with van der Waals surface area (Å²) in [5.41, 5.74) is 0.926. The first kappa shape index (κ1) is 18.4. The quantitative estimate of drug-likeness (QED) is 0.475. The van der Waals surface area contributed by atoms with Gasteiger partial charge in [0.05, 0.1) is 12.0 Å². The second kappa shape index (κ2) is 7.88. The van der Waals surface area contributed by atoms with Gasteiger partial charge >= 0.3 is 11.6 Å². The predicted octanol–water partition coefficient (Wildman–Crippen LogP) is 4.89. The van der Waals surface area contributed by atoms with E-state index < -0.39 is 10.6 Å². The Labute approximate surface area is 159 Å². The Morgan fingerprint density at radius 2 is 1.85 bits per heavy atom. The van der Waals surface area contributed by atoms with Crippen molar-refractivity contribution < 1.29 is 14.4 Å². The van der Waals surface area contributed by atoms with Crippen LogP contribution in [0.4, 0.5) is 17.2 Å². The van der Waals surface area contributed by atoms with Crippen LogP contribution >= 0.6 is 11.6 Å². The highest BCUT2D eigenvalue weighted by atomic mass is 35.5. The van der Waals surface area contributed by atoms with E-state index in [0.29, 0.717) is 22.2 Å². The van der Waals surface area contributed by atoms with E-state index in [0.717, 1.165) is 5.56 Å². The van der Waals surface area contributed by atoms with Crippen molar-refractivity contribution in [2.75, 3.05) is 12.4 Å². The molecule has 0 aliphatic heterocycles. The minimum Gasteiger partial charge on any atom is -0.493 e. The summed E-state index contributed by atoms with van der Waals surface area (Å²) in [5, 5.41) is 15.1. The minimum absolute atomic E-state index is 0.00901. The summed E-state index contributed by atoms with van der Waals surface area (Å²) in [6.07, 6.45) is 1.18. The van der Waals surface area contributed by atoms with E-state index in [-0.39, 0.29) is 11.7 Å². The molecule has 1 heterocycles. The maximum absolute atomic E-state index is 11.7. The molecule has 1 aromatic heterocycles. The fourth-order valence-corrected chi connectivity index (χ4v) is 2.55. The smallest absolute Gasteiger partial charge is 0.373 e. The second-order valence-corrected chi connectivity index (χ2v) is 5.83. The summed E-state index contributed by atoms with van der Waals surface area (Å²) in [4.78, 5) is 19.0. The van der Waals surface area contributed by atoms with Crippen molar-refractivity contribution in [1.29, 1.82) is 0 Å². The maximum Gasteiger partial charge on any atom is 0.373 e. The van der Waals surface area contributed by atoms with Crippen molar-refractivity contribution in [3.05, 3.63) is 69.5 Å². The normalized spacial score (nSPS) is 10.3. The van der Waals surface area contributed by atoms with E-state index in [1.165, 1.54) is 13.4 Å². The van der Waals surface area contributed by atoms with E-state index in [2.05, 4.69) is 15.3 Å². The van der Waals surface area contributed by atoms with E-state index in [4.69, 9.17) is 21.1 Å². The lowest BCUT2D eigenvalue weighted by Crippen LogP contribution is -2.04. The topological polar surface area (TPSA) is 99.4 Å². The molecule has 0 aliphatic rings. The van der Waals surface area contributed by atoms with E-state index in [9.17, 15) is 10.1 Å². The van der Waals surface area contributed by atoms with Crippen molar-refractivity contribution in [1.82, 2.24) is 9.97 Å². The van der Waals surface area contributed by atoms with Crippen LogP contribution < -0.4 is 14.8 Å². The Hall–Kier alpha value is -3.39. The molecule has 0 radical (unpaired) electrons. The first-order valence-electron chi connectivity index (χ1n) is 7.83. The number of nitrogens with one attached hydrogen (secondary N) is 1. The fourth-order valence-electron chi connectivity index (χ4n) is 2.37. The van der Waals surface area contributed by atoms with Gasteiger partial charge in [0.2, 0.25) is 5.82 Å². The Balaban J connectivity index is 2.03. The van der Waals surface area contributed by atoms with Crippen LogP contribution in [-0.2, 0) is 0 Å². The molecular formula is C18H15ClN4O4. The number of para-hydroxylation sites is 2. The van der Waals surface area contributed by atoms with Gasteiger partial charge in [-0.25, -0.2) is 4.98 Å². The Bertz CT molecular complexity index is 997. The van der Waals surface area contributed by atoms with Gasteiger partial charge in [0, 0.05) is 10.7 Å². The minimum atomic E-state index is -0.604. The van der Waals surface area contributed by atoms with Gasteiger partial charge in [0.1, 0.15) is 6.33 Å². The molecule has 0 amide bonds. The molecule has 0 aliphatic carbocycles. The largest absolute Gasteiger partial charge is 0.493 e. The number of nitrogens with zero attached hydrogens (tertiary/aromatic N) is 3. The first-order valence-corrected chi connectivity index (χ1v) is 8.21. The Kier molecular flexibility index (Phi) is 5.37. The zero-order valence-corrected chi connectivity index (χ0v) is 15.2. The van der Waals surface area contributed by atoms with Crippen LogP contribution in [0.2, 0.25) is 5.02 Å². The van der Waals surface area contributed by atoms with Gasteiger partial charge in [-0.3, -0.25) is 10.1 Å². The van der Waals surface area contributed by atoms with Gasteiger partial charge in [0.25, 0.3) is 0 Å². The first-order chi connectivity index (χ1) is 13.0. The van der Waals surface area contributed by atoms with Gasteiger partial charge in [-0.1, -0.05) is 29.8 Å². The average Bonchev–Trinajstić information content (AvgIpc) is 2.66. The molecule has 2 aromatic carbocycles. The van der Waals surface area contributed by atoms with Crippen LogP contribution in [0, 0.1) is 17.0 Å². The summed E-state index contributed by atoms with van der Waals surface area (Å²) in [6, 6.07) is 12.0. The third kappa shape index (κ3) is 3.90. The molecule has 3 rings (SSSR count). The number of benzene rings is 2. The van der Waals surface area contributed by atoms with Crippen LogP contribution in [0.5, 0.6) is 17.4 Å². The van der Waals surface area contributed by atoms with Crippen LogP contribution in [-0.4, -0.2) is 22.0 Å². The molecule has 0 atom stereocenters. The second-order valence-electron chi connectivity index (χ2n) is 5.42. The molecule has 138 valence electrons. The summed E-state index contributed by atoms with van der Waals surface area (Å²) in [5.74, 6) is 0.504. The zero-order valence-electron chi connectivity index (χ0n) is 14.5. The molecule has 8 nitrogen and oxygen atoms in total. The fraction of sp³-hybridized carbons (Fsp3) is 0.111. The van der Waals surface area contributed by atoms with Crippen molar-refractivity contribution in [3.8, 4) is 17.4 Å². The van der Waals surface area contributed by atoms with E-state index in [1.807, 2.05) is 0 Å². The highest BCUT2D eigenvalue weighted by Gasteiger charge is 2.26. The molecule has 0 spiro atoms. The van der Waals surface area contributed by atoms with E-state index >= 15 is 0 Å². The molecule has 0 saturated heterocycles. The number of nitro groups is 1. The van der Waals surface area contributed by atoms with Crippen molar-refractivity contribution >= 4 is 28.8 Å². The Morgan fingerprint density at radius 1 is 1.11 bits per heavy atom. The number of methoxy groups -OCH3 is 1. The number of aromatic nitrogens is 2. The molecule has 0 fully saturated rings. The van der Waals surface area contributed by atoms with Gasteiger partial charge in [-0.15, -0.1) is 0 Å². The molecule has 27 heavy (non-hydrogen) atoms. The number of halogens is 1. The number of ether oxygens (including phenoxy) is 2. The van der Waals surface area contributed by atoms with Crippen LogP contribution in [0.25, 0.3) is 0 Å². The number of hydrogen-bond donors (Lipinski definition) is 1. The number of rotatable bonds is 6. The number of anilines is 2.